The Morgan fingerprint density at radius 2 is 2.00 bits per heavy atom. The molecule has 1 aromatic rings. The highest BCUT2D eigenvalue weighted by Crippen LogP contribution is 2.26. The number of amides is 1. The normalized spacial score (nSPS) is 15.4. The van der Waals surface area contributed by atoms with Crippen molar-refractivity contribution in [2.75, 3.05) is 31.7 Å². The van der Waals surface area contributed by atoms with E-state index in [4.69, 9.17) is 9.47 Å². The summed E-state index contributed by atoms with van der Waals surface area (Å²) in [5.41, 5.74) is 2.48. The van der Waals surface area contributed by atoms with Gasteiger partial charge in [-0.25, -0.2) is 0 Å². The van der Waals surface area contributed by atoms with Gasteiger partial charge in [0.05, 0.1) is 13.3 Å². The molecule has 1 amide bonds. The van der Waals surface area contributed by atoms with Crippen LogP contribution in [0.3, 0.4) is 0 Å². The van der Waals surface area contributed by atoms with Crippen molar-refractivity contribution in [1.29, 1.82) is 0 Å². The largest absolute Gasteiger partial charge is 0.427 e. The Morgan fingerprint density at radius 3 is 2.55 bits per heavy atom. The van der Waals surface area contributed by atoms with Crippen molar-refractivity contribution in [2.24, 2.45) is 0 Å². The summed E-state index contributed by atoms with van der Waals surface area (Å²) in [5.74, 6) is 0.0579. The average molecular weight is 306 g/mol. The van der Waals surface area contributed by atoms with Gasteiger partial charge in [-0.05, 0) is 43.5 Å². The fraction of sp³-hybridized carbons (Fsp3) is 0.500. The van der Waals surface area contributed by atoms with E-state index in [1.807, 2.05) is 18.7 Å². The third kappa shape index (κ3) is 4.54. The Kier molecular flexibility index (Phi) is 5.51. The minimum Gasteiger partial charge on any atom is -0.427 e. The molecule has 0 atom stereocenters. The van der Waals surface area contributed by atoms with Gasteiger partial charge >= 0.3 is 5.97 Å². The second-order valence-electron chi connectivity index (χ2n) is 5.52. The van der Waals surface area contributed by atoms with E-state index in [0.717, 1.165) is 36.4 Å². The molecule has 1 aliphatic heterocycles. The maximum absolute atomic E-state index is 12.2. The number of carbonyl (C=O) groups excluding carboxylic acids is 2. The van der Waals surface area contributed by atoms with Gasteiger partial charge in [-0.1, -0.05) is 0 Å². The minimum atomic E-state index is -0.360. The van der Waals surface area contributed by atoms with E-state index in [1.165, 1.54) is 6.92 Å². The molecule has 0 bridgehead atoms. The number of benzene rings is 1. The van der Waals surface area contributed by atoms with Gasteiger partial charge in [0.2, 0.25) is 5.91 Å². The molecule has 22 heavy (non-hydrogen) atoms. The predicted molar refractivity (Wildman–Crippen MR) is 82.9 cm³/mol. The van der Waals surface area contributed by atoms with Gasteiger partial charge in [0.1, 0.15) is 5.75 Å². The molecule has 1 aliphatic rings. The molecule has 2 rings (SSSR count). The molecule has 0 aromatic heterocycles. The molecule has 0 unspecified atom stereocenters. The number of hydrogen-bond acceptors (Lipinski definition) is 5. The highest BCUT2D eigenvalue weighted by molar-refractivity contribution is 5.94. The van der Waals surface area contributed by atoms with Crippen LogP contribution >= 0.6 is 0 Å². The van der Waals surface area contributed by atoms with Crippen molar-refractivity contribution in [2.45, 2.75) is 27.2 Å². The highest BCUT2D eigenvalue weighted by atomic mass is 16.5. The lowest BCUT2D eigenvalue weighted by Crippen LogP contribution is -2.39. The Balaban J connectivity index is 2.02. The molecule has 1 fully saturated rings. The summed E-state index contributed by atoms with van der Waals surface area (Å²) < 4.78 is 10.4. The average Bonchev–Trinajstić information content (AvgIpc) is 2.43. The van der Waals surface area contributed by atoms with Crippen LogP contribution < -0.4 is 10.1 Å². The number of hydrogen-bond donors (Lipinski definition) is 1. The summed E-state index contributed by atoms with van der Waals surface area (Å²) in [6.45, 7) is 7.55. The molecule has 1 heterocycles. The Morgan fingerprint density at radius 1 is 1.32 bits per heavy atom. The van der Waals surface area contributed by atoms with Crippen molar-refractivity contribution < 1.29 is 19.1 Å². The zero-order chi connectivity index (χ0) is 16.1. The van der Waals surface area contributed by atoms with Gasteiger partial charge in [-0.15, -0.1) is 0 Å². The standard InChI is InChI=1S/C16H22N2O4/c1-11-7-14(22-13(3)19)8-12(2)16(11)17-15(20)9-18-5-4-6-21-10-18/h7-8H,4-6,9-10H2,1-3H3,(H,17,20). The number of esters is 1. The van der Waals surface area contributed by atoms with Crippen molar-refractivity contribution >= 4 is 17.6 Å². The molecule has 0 aliphatic carbocycles. The fourth-order valence-corrected chi connectivity index (χ4v) is 2.50. The highest BCUT2D eigenvalue weighted by Gasteiger charge is 2.16. The maximum atomic E-state index is 12.2. The summed E-state index contributed by atoms with van der Waals surface area (Å²) in [5, 5.41) is 2.93. The molecular weight excluding hydrogens is 284 g/mol. The molecule has 0 saturated carbocycles. The van der Waals surface area contributed by atoms with Gasteiger partial charge < -0.3 is 14.8 Å². The van der Waals surface area contributed by atoms with Gasteiger partial charge in [0, 0.05) is 25.8 Å². The number of nitrogens with one attached hydrogen (secondary N) is 1. The Bertz CT molecular complexity index is 542. The van der Waals surface area contributed by atoms with Crippen molar-refractivity contribution in [3.63, 3.8) is 0 Å². The number of carbonyl (C=O) groups is 2. The summed E-state index contributed by atoms with van der Waals surface area (Å²) >= 11 is 0. The maximum Gasteiger partial charge on any atom is 0.308 e. The van der Waals surface area contributed by atoms with E-state index in [-0.39, 0.29) is 11.9 Å². The lowest BCUT2D eigenvalue weighted by Gasteiger charge is -2.26. The van der Waals surface area contributed by atoms with E-state index in [1.54, 1.807) is 12.1 Å². The van der Waals surface area contributed by atoms with Gasteiger partial charge in [-0.2, -0.15) is 0 Å². The summed E-state index contributed by atoms with van der Waals surface area (Å²) in [4.78, 5) is 25.1. The van der Waals surface area contributed by atoms with Gasteiger partial charge in [-0.3, -0.25) is 14.5 Å². The zero-order valence-corrected chi connectivity index (χ0v) is 13.3. The van der Waals surface area contributed by atoms with Crippen LogP contribution in [0.25, 0.3) is 0 Å². The number of nitrogens with zero attached hydrogens (tertiary/aromatic N) is 1. The molecule has 120 valence electrons. The first-order valence-electron chi connectivity index (χ1n) is 7.35. The SMILES string of the molecule is CC(=O)Oc1cc(C)c(NC(=O)CN2CCCOC2)c(C)c1. The first-order chi connectivity index (χ1) is 10.5. The number of aryl methyl sites for hydroxylation is 2. The predicted octanol–water partition coefficient (Wildman–Crippen LogP) is 1.85. The van der Waals surface area contributed by atoms with Crippen LogP contribution in [0.2, 0.25) is 0 Å². The summed E-state index contributed by atoms with van der Waals surface area (Å²) in [7, 11) is 0. The molecule has 0 radical (unpaired) electrons. The van der Waals surface area contributed by atoms with Crippen LogP contribution in [-0.4, -0.2) is 43.2 Å². The van der Waals surface area contributed by atoms with Crippen LogP contribution in [0.4, 0.5) is 5.69 Å². The third-order valence-electron chi connectivity index (χ3n) is 3.44. The monoisotopic (exact) mass is 306 g/mol. The molecular formula is C16H22N2O4. The zero-order valence-electron chi connectivity index (χ0n) is 13.3. The first-order valence-corrected chi connectivity index (χ1v) is 7.35. The van der Waals surface area contributed by atoms with Crippen molar-refractivity contribution in [1.82, 2.24) is 4.90 Å². The molecule has 1 saturated heterocycles. The Labute approximate surface area is 130 Å². The smallest absolute Gasteiger partial charge is 0.308 e. The van der Waals surface area contributed by atoms with Crippen LogP contribution in [-0.2, 0) is 14.3 Å². The lowest BCUT2D eigenvalue weighted by molar-refractivity contribution is -0.131. The van der Waals surface area contributed by atoms with Crippen molar-refractivity contribution in [3.8, 4) is 5.75 Å². The van der Waals surface area contributed by atoms with E-state index in [9.17, 15) is 9.59 Å². The van der Waals surface area contributed by atoms with E-state index >= 15 is 0 Å². The van der Waals surface area contributed by atoms with Crippen LogP contribution in [0, 0.1) is 13.8 Å². The fourth-order valence-electron chi connectivity index (χ4n) is 2.50. The number of ether oxygens (including phenoxy) is 2. The van der Waals surface area contributed by atoms with Gasteiger partial charge in [0.25, 0.3) is 0 Å². The molecule has 6 heteroatoms. The summed E-state index contributed by atoms with van der Waals surface area (Å²) in [6, 6.07) is 3.49. The number of rotatable bonds is 4. The quantitative estimate of drug-likeness (QED) is 0.679. The first kappa shape index (κ1) is 16.5. The van der Waals surface area contributed by atoms with Crippen LogP contribution in [0.15, 0.2) is 12.1 Å². The lowest BCUT2D eigenvalue weighted by atomic mass is 10.1. The van der Waals surface area contributed by atoms with Crippen molar-refractivity contribution in [3.05, 3.63) is 23.3 Å². The Hall–Kier alpha value is -1.92. The van der Waals surface area contributed by atoms with E-state index in [0.29, 0.717) is 19.0 Å². The third-order valence-corrected chi connectivity index (χ3v) is 3.44. The summed E-state index contributed by atoms with van der Waals surface area (Å²) in [6.07, 6.45) is 0.947. The number of anilines is 1. The second kappa shape index (κ2) is 7.38. The molecule has 1 aromatic carbocycles. The molecule has 0 spiro atoms. The molecule has 1 N–H and O–H groups in total. The van der Waals surface area contributed by atoms with E-state index in [2.05, 4.69) is 5.32 Å². The van der Waals surface area contributed by atoms with Gasteiger partial charge in [0.15, 0.2) is 0 Å². The van der Waals surface area contributed by atoms with Crippen LogP contribution in [0.1, 0.15) is 24.5 Å². The minimum absolute atomic E-state index is 0.0723. The van der Waals surface area contributed by atoms with Crippen LogP contribution in [0.5, 0.6) is 5.75 Å². The topological polar surface area (TPSA) is 67.9 Å². The second-order valence-corrected chi connectivity index (χ2v) is 5.52. The van der Waals surface area contributed by atoms with E-state index < -0.39 is 0 Å². The molecule has 6 nitrogen and oxygen atoms in total.